The van der Waals surface area contributed by atoms with Crippen molar-refractivity contribution in [3.8, 4) is 5.75 Å². The van der Waals surface area contributed by atoms with Crippen LogP contribution in [0.3, 0.4) is 0 Å². The van der Waals surface area contributed by atoms with Crippen molar-refractivity contribution >= 4 is 0 Å². The molecule has 0 amide bonds. The Kier molecular flexibility index (Phi) is 3.32. The number of hydrogen-bond donors (Lipinski definition) is 0. The first-order chi connectivity index (χ1) is 6.16. The molecule has 1 aromatic rings. The standard InChI is InChI=1S/C11H15O2/c1-8-4-5-11(13-7-6-12)10(3)9(8)2/h4-5H,6-7H2,1-3H3. The topological polar surface area (TPSA) is 29.1 Å². The van der Waals surface area contributed by atoms with E-state index in [1.165, 1.54) is 11.1 Å². The van der Waals surface area contributed by atoms with Crippen LogP contribution in [0.5, 0.6) is 5.75 Å². The summed E-state index contributed by atoms with van der Waals surface area (Å²) in [6.45, 7) is 6.21. The van der Waals surface area contributed by atoms with Crippen LogP contribution in [0.2, 0.25) is 0 Å². The van der Waals surface area contributed by atoms with Gasteiger partial charge in [0.1, 0.15) is 19.0 Å². The maximum Gasteiger partial charge on any atom is 0.122 e. The molecule has 0 unspecified atom stereocenters. The average molecular weight is 179 g/mol. The highest BCUT2D eigenvalue weighted by molar-refractivity contribution is 5.42. The van der Waals surface area contributed by atoms with E-state index in [0.717, 1.165) is 11.3 Å². The van der Waals surface area contributed by atoms with Crippen molar-refractivity contribution in [2.75, 3.05) is 13.2 Å². The fourth-order valence-electron chi connectivity index (χ4n) is 1.24. The molecule has 0 fully saturated rings. The minimum Gasteiger partial charge on any atom is -0.491 e. The monoisotopic (exact) mass is 179 g/mol. The molecule has 1 radical (unpaired) electrons. The zero-order valence-electron chi connectivity index (χ0n) is 8.39. The predicted molar refractivity (Wildman–Crippen MR) is 51.7 cm³/mol. The van der Waals surface area contributed by atoms with Gasteiger partial charge < -0.3 is 4.74 Å². The van der Waals surface area contributed by atoms with Crippen molar-refractivity contribution in [3.63, 3.8) is 0 Å². The first kappa shape index (κ1) is 10.1. The third kappa shape index (κ3) is 2.22. The lowest BCUT2D eigenvalue weighted by atomic mass is 10.0. The smallest absolute Gasteiger partial charge is 0.122 e. The molecule has 1 aromatic carbocycles. The Balaban J connectivity index is 2.90. The minimum absolute atomic E-state index is 0.188. The summed E-state index contributed by atoms with van der Waals surface area (Å²) in [6.07, 6.45) is 0. The normalized spacial score (nSPS) is 10.2. The zero-order valence-corrected chi connectivity index (χ0v) is 8.39. The van der Waals surface area contributed by atoms with Crippen molar-refractivity contribution in [1.82, 2.24) is 0 Å². The summed E-state index contributed by atoms with van der Waals surface area (Å²) in [5.74, 6) is 0.832. The molecule has 0 aliphatic rings. The molecule has 1 rings (SSSR count). The van der Waals surface area contributed by atoms with Gasteiger partial charge in [-0.2, -0.15) is 0 Å². The van der Waals surface area contributed by atoms with E-state index in [9.17, 15) is 5.11 Å². The van der Waals surface area contributed by atoms with Crippen LogP contribution in [0.15, 0.2) is 12.1 Å². The highest BCUT2D eigenvalue weighted by atomic mass is 16.5. The Morgan fingerprint density at radius 3 is 2.46 bits per heavy atom. The Bertz CT molecular complexity index is 292. The maximum atomic E-state index is 10.2. The van der Waals surface area contributed by atoms with Crippen LogP contribution in [0.25, 0.3) is 0 Å². The molecule has 0 aliphatic carbocycles. The van der Waals surface area contributed by atoms with E-state index < -0.39 is 0 Å². The van der Waals surface area contributed by atoms with Gasteiger partial charge in [-0.3, -0.25) is 0 Å². The number of rotatable bonds is 3. The zero-order chi connectivity index (χ0) is 9.84. The van der Waals surface area contributed by atoms with E-state index in [0.29, 0.717) is 0 Å². The minimum atomic E-state index is -0.188. The third-order valence-electron chi connectivity index (χ3n) is 2.35. The summed E-state index contributed by atoms with van der Waals surface area (Å²) in [5.41, 5.74) is 3.63. The second-order valence-corrected chi connectivity index (χ2v) is 3.18. The van der Waals surface area contributed by atoms with Gasteiger partial charge in [0.25, 0.3) is 0 Å². The summed E-state index contributed by atoms with van der Waals surface area (Å²) < 4.78 is 5.31. The highest BCUT2D eigenvalue weighted by Crippen LogP contribution is 2.23. The molecule has 13 heavy (non-hydrogen) atoms. The highest BCUT2D eigenvalue weighted by Gasteiger charge is 2.03. The van der Waals surface area contributed by atoms with Crippen LogP contribution in [-0.2, 0) is 5.11 Å². The maximum absolute atomic E-state index is 10.2. The van der Waals surface area contributed by atoms with Crippen LogP contribution >= 0.6 is 0 Å². The predicted octanol–water partition coefficient (Wildman–Crippen LogP) is 2.42. The molecule has 0 N–H and O–H groups in total. The van der Waals surface area contributed by atoms with E-state index in [-0.39, 0.29) is 13.2 Å². The van der Waals surface area contributed by atoms with Crippen molar-refractivity contribution in [2.45, 2.75) is 20.8 Å². The van der Waals surface area contributed by atoms with Gasteiger partial charge in [-0.15, -0.1) is 0 Å². The molecule has 0 spiro atoms. The molecule has 0 aliphatic heterocycles. The van der Waals surface area contributed by atoms with Crippen LogP contribution in [0.1, 0.15) is 16.7 Å². The van der Waals surface area contributed by atoms with E-state index in [2.05, 4.69) is 13.8 Å². The molecule has 2 nitrogen and oxygen atoms in total. The van der Waals surface area contributed by atoms with Gasteiger partial charge in [0.2, 0.25) is 0 Å². The molecule has 0 atom stereocenters. The number of ether oxygens (including phenoxy) is 1. The van der Waals surface area contributed by atoms with Crippen molar-refractivity contribution in [3.05, 3.63) is 28.8 Å². The van der Waals surface area contributed by atoms with Gasteiger partial charge in [-0.1, -0.05) is 6.07 Å². The fraction of sp³-hybridized carbons (Fsp3) is 0.455. The van der Waals surface area contributed by atoms with Gasteiger partial charge in [-0.05, 0) is 43.5 Å². The van der Waals surface area contributed by atoms with E-state index in [1.807, 2.05) is 19.1 Å². The molecule has 0 saturated heterocycles. The second-order valence-electron chi connectivity index (χ2n) is 3.18. The Morgan fingerprint density at radius 1 is 1.15 bits per heavy atom. The Hall–Kier alpha value is -1.02. The first-order valence-electron chi connectivity index (χ1n) is 4.44. The van der Waals surface area contributed by atoms with Gasteiger partial charge in [-0.25, -0.2) is 5.11 Å². The Labute approximate surface area is 79.2 Å². The van der Waals surface area contributed by atoms with E-state index >= 15 is 0 Å². The summed E-state index contributed by atoms with van der Waals surface area (Å²) in [4.78, 5) is 0. The Morgan fingerprint density at radius 2 is 1.85 bits per heavy atom. The lowest BCUT2D eigenvalue weighted by Gasteiger charge is -2.11. The average Bonchev–Trinajstić information content (AvgIpc) is 2.13. The van der Waals surface area contributed by atoms with Gasteiger partial charge >= 0.3 is 0 Å². The number of hydrogen-bond acceptors (Lipinski definition) is 1. The van der Waals surface area contributed by atoms with Crippen molar-refractivity contribution in [1.29, 1.82) is 0 Å². The molecule has 0 heterocycles. The molecular formula is C11H15O2. The number of aryl methyl sites for hydroxylation is 1. The lowest BCUT2D eigenvalue weighted by Crippen LogP contribution is -2.03. The summed E-state index contributed by atoms with van der Waals surface area (Å²) in [6, 6.07) is 3.94. The van der Waals surface area contributed by atoms with Gasteiger partial charge in [0.15, 0.2) is 0 Å². The quantitative estimate of drug-likeness (QED) is 0.700. The van der Waals surface area contributed by atoms with Gasteiger partial charge in [0.05, 0.1) is 0 Å². The SMILES string of the molecule is Cc1ccc(OCC[O])c(C)c1C. The fourth-order valence-corrected chi connectivity index (χ4v) is 1.24. The first-order valence-corrected chi connectivity index (χ1v) is 4.44. The molecule has 0 aromatic heterocycles. The van der Waals surface area contributed by atoms with E-state index in [1.54, 1.807) is 0 Å². The molecular weight excluding hydrogens is 164 g/mol. The van der Waals surface area contributed by atoms with Crippen LogP contribution < -0.4 is 4.74 Å². The molecule has 2 heteroatoms. The van der Waals surface area contributed by atoms with E-state index in [4.69, 9.17) is 4.74 Å². The number of benzene rings is 1. The second kappa shape index (κ2) is 4.28. The van der Waals surface area contributed by atoms with Crippen molar-refractivity contribution < 1.29 is 9.84 Å². The third-order valence-corrected chi connectivity index (χ3v) is 2.35. The summed E-state index contributed by atoms with van der Waals surface area (Å²) in [5, 5.41) is 10.2. The summed E-state index contributed by atoms with van der Waals surface area (Å²) >= 11 is 0. The van der Waals surface area contributed by atoms with Crippen molar-refractivity contribution in [2.24, 2.45) is 0 Å². The van der Waals surface area contributed by atoms with Crippen LogP contribution in [0.4, 0.5) is 0 Å². The largest absolute Gasteiger partial charge is 0.491 e. The molecule has 0 saturated carbocycles. The van der Waals surface area contributed by atoms with Gasteiger partial charge in [0, 0.05) is 0 Å². The van der Waals surface area contributed by atoms with Crippen LogP contribution in [-0.4, -0.2) is 13.2 Å². The molecule has 71 valence electrons. The summed E-state index contributed by atoms with van der Waals surface area (Å²) in [7, 11) is 0. The lowest BCUT2D eigenvalue weighted by molar-refractivity contribution is 0.138. The van der Waals surface area contributed by atoms with Crippen LogP contribution in [0, 0.1) is 20.8 Å². The molecule has 0 bridgehead atoms.